The minimum Gasteiger partial charge on any atom is -0.491 e. The average molecular weight is 438 g/mol. The first-order chi connectivity index (χ1) is 15.0. The lowest BCUT2D eigenvalue weighted by molar-refractivity contribution is 0.0950. The fourth-order valence-corrected chi connectivity index (χ4v) is 3.43. The van der Waals surface area contributed by atoms with Crippen LogP contribution in [-0.4, -0.2) is 43.5 Å². The first-order valence-electron chi connectivity index (χ1n) is 9.21. The molecule has 0 spiro atoms. The number of aromatic nitrogens is 5. The zero-order valence-corrected chi connectivity index (χ0v) is 17.4. The van der Waals surface area contributed by atoms with E-state index in [1.807, 2.05) is 55.6 Å². The quantitative estimate of drug-likeness (QED) is 0.330. The van der Waals surface area contributed by atoms with Crippen LogP contribution < -0.4 is 15.9 Å². The zero-order chi connectivity index (χ0) is 21.8. The van der Waals surface area contributed by atoms with Gasteiger partial charge in [-0.2, -0.15) is 9.78 Å². The van der Waals surface area contributed by atoms with E-state index in [1.165, 1.54) is 22.2 Å². The fourth-order valence-electron chi connectivity index (χ4n) is 2.68. The molecule has 0 saturated heterocycles. The van der Waals surface area contributed by atoms with Gasteiger partial charge >= 0.3 is 0 Å². The minimum absolute atomic E-state index is 0.0255. The molecule has 0 radical (unpaired) electrons. The predicted molar refractivity (Wildman–Crippen MR) is 114 cm³/mol. The van der Waals surface area contributed by atoms with Gasteiger partial charge in [-0.3, -0.25) is 4.79 Å². The van der Waals surface area contributed by atoms with Crippen LogP contribution in [0.25, 0.3) is 16.4 Å². The molecule has 0 bridgehead atoms. The van der Waals surface area contributed by atoms with Crippen LogP contribution in [0, 0.1) is 0 Å². The van der Waals surface area contributed by atoms with Gasteiger partial charge in [-0.15, -0.1) is 16.4 Å². The second kappa shape index (κ2) is 8.75. The number of nitrogens with two attached hydrogens (primary N) is 1. The summed E-state index contributed by atoms with van der Waals surface area (Å²) in [7, 11) is 0. The number of nitrogens with zero attached hydrogens (tertiary/aromatic N) is 6. The number of benzene rings is 1. The van der Waals surface area contributed by atoms with Crippen molar-refractivity contribution in [3.8, 4) is 22.1 Å². The maximum absolute atomic E-state index is 12.7. The number of nitrogen functional groups attached to an aromatic ring is 1. The van der Waals surface area contributed by atoms with Gasteiger partial charge in [-0.1, -0.05) is 11.3 Å². The molecule has 4 aromatic rings. The number of rotatable bonds is 7. The highest BCUT2D eigenvalue weighted by atomic mass is 32.1. The van der Waals surface area contributed by atoms with Gasteiger partial charge in [0.05, 0.1) is 17.2 Å². The summed E-state index contributed by atoms with van der Waals surface area (Å²) >= 11 is 1.40. The summed E-state index contributed by atoms with van der Waals surface area (Å²) in [5, 5.41) is 21.1. The van der Waals surface area contributed by atoms with E-state index in [0.717, 1.165) is 16.2 Å². The largest absolute Gasteiger partial charge is 0.491 e. The monoisotopic (exact) mass is 438 g/mol. The third-order valence-corrected chi connectivity index (χ3v) is 4.84. The highest BCUT2D eigenvalue weighted by Crippen LogP contribution is 2.29. The normalized spacial score (nSPS) is 11.3. The smallest absolute Gasteiger partial charge is 0.294 e. The van der Waals surface area contributed by atoms with Gasteiger partial charge < -0.3 is 10.5 Å². The number of thiophene rings is 1. The molecular weight excluding hydrogens is 420 g/mol. The number of hydrazone groups is 1. The molecule has 0 unspecified atom stereocenters. The molecule has 4 rings (SSSR count). The van der Waals surface area contributed by atoms with Crippen LogP contribution in [0.3, 0.4) is 0 Å². The van der Waals surface area contributed by atoms with Crippen molar-refractivity contribution in [1.82, 2.24) is 30.7 Å². The second-order valence-electron chi connectivity index (χ2n) is 6.58. The summed E-state index contributed by atoms with van der Waals surface area (Å²) < 4.78 is 11.6. The van der Waals surface area contributed by atoms with E-state index in [4.69, 9.17) is 10.5 Å². The lowest BCUT2D eigenvalue weighted by atomic mass is 10.2. The topological polar surface area (TPSA) is 146 Å². The summed E-state index contributed by atoms with van der Waals surface area (Å²) in [4.78, 5) is 13.5. The Morgan fingerprint density at radius 1 is 1.29 bits per heavy atom. The molecule has 158 valence electrons. The Morgan fingerprint density at radius 2 is 2.10 bits per heavy atom. The van der Waals surface area contributed by atoms with Crippen molar-refractivity contribution in [2.24, 2.45) is 5.10 Å². The maximum Gasteiger partial charge on any atom is 0.294 e. The van der Waals surface area contributed by atoms with E-state index >= 15 is 0 Å². The van der Waals surface area contributed by atoms with E-state index in [9.17, 15) is 4.79 Å². The lowest BCUT2D eigenvalue weighted by Crippen LogP contribution is -2.19. The van der Waals surface area contributed by atoms with Crippen LogP contribution in [0.1, 0.15) is 29.9 Å². The van der Waals surface area contributed by atoms with E-state index in [-0.39, 0.29) is 23.4 Å². The Kier molecular flexibility index (Phi) is 5.71. The molecule has 31 heavy (non-hydrogen) atoms. The van der Waals surface area contributed by atoms with E-state index in [2.05, 4.69) is 35.8 Å². The van der Waals surface area contributed by atoms with E-state index < -0.39 is 5.91 Å². The van der Waals surface area contributed by atoms with Crippen molar-refractivity contribution in [2.75, 3.05) is 5.73 Å². The van der Waals surface area contributed by atoms with Crippen LogP contribution in [0.5, 0.6) is 5.75 Å². The van der Waals surface area contributed by atoms with E-state index in [1.54, 1.807) is 0 Å². The molecule has 3 heterocycles. The Morgan fingerprint density at radius 3 is 2.74 bits per heavy atom. The second-order valence-corrected chi connectivity index (χ2v) is 7.53. The molecule has 1 amide bonds. The van der Waals surface area contributed by atoms with Gasteiger partial charge in [0, 0.05) is 0 Å². The van der Waals surface area contributed by atoms with Gasteiger partial charge in [0.15, 0.2) is 5.69 Å². The van der Waals surface area contributed by atoms with Gasteiger partial charge in [0.1, 0.15) is 11.4 Å². The molecule has 11 nitrogen and oxygen atoms in total. The molecule has 1 aromatic carbocycles. The minimum atomic E-state index is -0.541. The molecule has 0 fully saturated rings. The number of hydrogen-bond acceptors (Lipinski definition) is 10. The average Bonchev–Trinajstić information content (AvgIpc) is 3.48. The standard InChI is InChI=1S/C19H18N8O3S/c1-11(2)29-13-7-5-12(6-8-13)10-21-23-19(28)15-16(14-4-3-9-31-14)27(26-22-15)18-17(20)24-30-25-18/h3-11H,1-2H3,(H2,20,24)(H,23,28). The Bertz CT molecular complexity index is 1200. The Balaban J connectivity index is 1.54. The number of hydrogen-bond donors (Lipinski definition) is 2. The van der Waals surface area contributed by atoms with E-state index in [0.29, 0.717) is 5.69 Å². The number of anilines is 1. The van der Waals surface area contributed by atoms with Crippen LogP contribution >= 0.6 is 11.3 Å². The first-order valence-corrected chi connectivity index (χ1v) is 10.1. The van der Waals surface area contributed by atoms with Crippen molar-refractivity contribution in [2.45, 2.75) is 20.0 Å². The van der Waals surface area contributed by atoms with Gasteiger partial charge in [0.25, 0.3) is 5.91 Å². The summed E-state index contributed by atoms with van der Waals surface area (Å²) in [5.41, 5.74) is 9.50. The van der Waals surface area contributed by atoms with Gasteiger partial charge in [-0.25, -0.2) is 10.1 Å². The van der Waals surface area contributed by atoms with Crippen LogP contribution in [0.15, 0.2) is 51.5 Å². The molecule has 12 heteroatoms. The lowest BCUT2D eigenvalue weighted by Gasteiger charge is -2.09. The third kappa shape index (κ3) is 4.43. The highest BCUT2D eigenvalue weighted by Gasteiger charge is 2.25. The fraction of sp³-hybridized carbons (Fsp3) is 0.158. The van der Waals surface area contributed by atoms with Gasteiger partial charge in [-0.05, 0) is 65.4 Å². The molecule has 0 aliphatic carbocycles. The van der Waals surface area contributed by atoms with Crippen molar-refractivity contribution in [3.05, 3.63) is 53.0 Å². The summed E-state index contributed by atoms with van der Waals surface area (Å²) in [6.45, 7) is 3.91. The summed E-state index contributed by atoms with van der Waals surface area (Å²) in [5.74, 6) is 0.385. The maximum atomic E-state index is 12.7. The third-order valence-electron chi connectivity index (χ3n) is 3.97. The zero-order valence-electron chi connectivity index (χ0n) is 16.6. The number of carbonyl (C=O) groups is 1. The molecule has 3 aromatic heterocycles. The molecule has 0 saturated carbocycles. The number of nitrogens with one attached hydrogen (secondary N) is 1. The summed E-state index contributed by atoms with van der Waals surface area (Å²) in [6, 6.07) is 11.0. The molecular formula is C19H18N8O3S. The van der Waals surface area contributed by atoms with Crippen LogP contribution in [0.4, 0.5) is 5.82 Å². The van der Waals surface area contributed by atoms with Crippen molar-refractivity contribution in [3.63, 3.8) is 0 Å². The van der Waals surface area contributed by atoms with Crippen molar-refractivity contribution >= 4 is 29.3 Å². The SMILES string of the molecule is CC(C)Oc1ccc(C=NNC(=O)c2nnn(-c3nonc3N)c2-c2cccs2)cc1. The first kappa shape index (κ1) is 20.2. The molecule has 0 atom stereocenters. The molecule has 0 aliphatic heterocycles. The molecule has 0 aliphatic rings. The van der Waals surface area contributed by atoms with Crippen molar-refractivity contribution < 1.29 is 14.2 Å². The number of carbonyl (C=O) groups excluding carboxylic acids is 1. The van der Waals surface area contributed by atoms with Crippen molar-refractivity contribution in [1.29, 1.82) is 0 Å². The van der Waals surface area contributed by atoms with Gasteiger partial charge in [0.2, 0.25) is 11.6 Å². The molecule has 3 N–H and O–H groups in total. The predicted octanol–water partition coefficient (Wildman–Crippen LogP) is 2.51. The highest BCUT2D eigenvalue weighted by molar-refractivity contribution is 7.13. The van der Waals surface area contributed by atoms with Crippen LogP contribution in [-0.2, 0) is 0 Å². The summed E-state index contributed by atoms with van der Waals surface area (Å²) in [6.07, 6.45) is 1.61. The van der Waals surface area contributed by atoms with Crippen LogP contribution in [0.2, 0.25) is 0 Å². The number of ether oxygens (including phenoxy) is 1. The Labute approximate surface area is 180 Å². The number of amides is 1. The Hall–Kier alpha value is -4.06.